The highest BCUT2D eigenvalue weighted by atomic mass is 127. The minimum absolute atomic E-state index is 0. The van der Waals surface area contributed by atoms with E-state index in [0.717, 1.165) is 76.8 Å². The molecular formula is C22H37IN4O2S. The number of hydrogen-bond acceptors (Lipinski definition) is 4. The van der Waals surface area contributed by atoms with Gasteiger partial charge in [0.15, 0.2) is 5.96 Å². The van der Waals surface area contributed by atoms with Crippen LogP contribution in [0, 0.1) is 0 Å². The number of nitrogens with zero attached hydrogens (tertiary/aromatic N) is 2. The van der Waals surface area contributed by atoms with E-state index in [4.69, 9.17) is 4.74 Å². The number of guanidine groups is 1. The van der Waals surface area contributed by atoms with Crippen molar-refractivity contribution in [2.75, 3.05) is 39.1 Å². The van der Waals surface area contributed by atoms with Gasteiger partial charge in [0.2, 0.25) is 0 Å². The van der Waals surface area contributed by atoms with Crippen LogP contribution < -0.4 is 10.6 Å². The Morgan fingerprint density at radius 1 is 1.27 bits per heavy atom. The summed E-state index contributed by atoms with van der Waals surface area (Å²) in [4.78, 5) is 6.84. The van der Waals surface area contributed by atoms with E-state index < -0.39 is 10.8 Å². The zero-order valence-electron chi connectivity index (χ0n) is 18.3. The molecule has 6 nitrogen and oxygen atoms in total. The zero-order chi connectivity index (χ0) is 20.5. The third-order valence-corrected chi connectivity index (χ3v) is 7.55. The molecule has 3 atom stereocenters. The molecule has 0 spiro atoms. The summed E-state index contributed by atoms with van der Waals surface area (Å²) in [7, 11) is 1.11. The molecule has 30 heavy (non-hydrogen) atoms. The predicted octanol–water partition coefficient (Wildman–Crippen LogP) is 2.88. The number of rotatable bonds is 7. The van der Waals surface area contributed by atoms with Crippen LogP contribution in [0.25, 0.3) is 0 Å². The topological polar surface area (TPSA) is 66.0 Å². The van der Waals surface area contributed by atoms with E-state index in [2.05, 4.69) is 44.8 Å². The van der Waals surface area contributed by atoms with Gasteiger partial charge in [-0.05, 0) is 30.4 Å². The zero-order valence-corrected chi connectivity index (χ0v) is 21.4. The van der Waals surface area contributed by atoms with E-state index in [0.29, 0.717) is 11.3 Å². The molecule has 1 aromatic carbocycles. The summed E-state index contributed by atoms with van der Waals surface area (Å²) in [6, 6.07) is 9.11. The Morgan fingerprint density at radius 3 is 2.77 bits per heavy atom. The molecule has 1 aliphatic carbocycles. The van der Waals surface area contributed by atoms with Crippen molar-refractivity contribution in [3.63, 3.8) is 0 Å². The van der Waals surface area contributed by atoms with Gasteiger partial charge in [0, 0.05) is 61.1 Å². The van der Waals surface area contributed by atoms with Gasteiger partial charge in [0.1, 0.15) is 0 Å². The first kappa shape index (κ1) is 25.5. The van der Waals surface area contributed by atoms with Crippen molar-refractivity contribution >= 4 is 40.7 Å². The first-order valence-electron chi connectivity index (χ1n) is 10.9. The molecule has 8 heteroatoms. The SMILES string of the molecule is CCS(=O)C1CCCC(NC(=NC)NCc2cccc(CN3CCOCC3)c2)C1.I. The van der Waals surface area contributed by atoms with Crippen LogP contribution in [0.5, 0.6) is 0 Å². The molecule has 0 radical (unpaired) electrons. The van der Waals surface area contributed by atoms with Crippen molar-refractivity contribution in [2.24, 2.45) is 4.99 Å². The maximum Gasteiger partial charge on any atom is 0.191 e. The van der Waals surface area contributed by atoms with Crippen LogP contribution in [0.15, 0.2) is 29.3 Å². The maximum atomic E-state index is 12.2. The molecule has 2 N–H and O–H groups in total. The second-order valence-electron chi connectivity index (χ2n) is 7.93. The van der Waals surface area contributed by atoms with Crippen LogP contribution in [0.2, 0.25) is 0 Å². The predicted molar refractivity (Wildman–Crippen MR) is 136 cm³/mol. The van der Waals surface area contributed by atoms with Crippen molar-refractivity contribution in [3.05, 3.63) is 35.4 Å². The molecule has 3 unspecified atom stereocenters. The second kappa shape index (κ2) is 13.6. The Morgan fingerprint density at radius 2 is 2.03 bits per heavy atom. The summed E-state index contributed by atoms with van der Waals surface area (Å²) in [5.74, 6) is 1.59. The van der Waals surface area contributed by atoms with Crippen molar-refractivity contribution in [1.82, 2.24) is 15.5 Å². The van der Waals surface area contributed by atoms with Gasteiger partial charge >= 0.3 is 0 Å². The molecule has 0 amide bonds. The monoisotopic (exact) mass is 548 g/mol. The first-order valence-corrected chi connectivity index (χ1v) is 12.3. The van der Waals surface area contributed by atoms with Gasteiger partial charge in [-0.2, -0.15) is 0 Å². The Labute approximate surface area is 201 Å². The highest BCUT2D eigenvalue weighted by molar-refractivity contribution is 14.0. The van der Waals surface area contributed by atoms with Gasteiger partial charge in [0.25, 0.3) is 0 Å². The largest absolute Gasteiger partial charge is 0.379 e. The van der Waals surface area contributed by atoms with Crippen LogP contribution in [-0.2, 0) is 28.6 Å². The molecule has 3 rings (SSSR count). The number of hydrogen-bond donors (Lipinski definition) is 2. The average Bonchev–Trinajstić information content (AvgIpc) is 2.77. The summed E-state index contributed by atoms with van der Waals surface area (Å²) in [5, 5.41) is 7.32. The minimum Gasteiger partial charge on any atom is -0.379 e. The van der Waals surface area contributed by atoms with Gasteiger partial charge < -0.3 is 15.4 Å². The van der Waals surface area contributed by atoms with Crippen molar-refractivity contribution in [3.8, 4) is 0 Å². The Balaban J connectivity index is 0.00000320. The Bertz CT molecular complexity index is 697. The van der Waals surface area contributed by atoms with E-state index in [1.165, 1.54) is 11.1 Å². The van der Waals surface area contributed by atoms with Crippen LogP contribution in [0.3, 0.4) is 0 Å². The molecule has 0 bridgehead atoms. The fourth-order valence-electron chi connectivity index (χ4n) is 4.18. The van der Waals surface area contributed by atoms with E-state index >= 15 is 0 Å². The Kier molecular flexibility index (Phi) is 11.6. The third-order valence-electron chi connectivity index (χ3n) is 5.81. The van der Waals surface area contributed by atoms with Crippen LogP contribution in [0.1, 0.15) is 43.7 Å². The highest BCUT2D eigenvalue weighted by Gasteiger charge is 2.26. The molecule has 0 aromatic heterocycles. The van der Waals surface area contributed by atoms with Crippen molar-refractivity contribution in [1.29, 1.82) is 0 Å². The van der Waals surface area contributed by atoms with E-state index in [9.17, 15) is 4.21 Å². The fraction of sp³-hybridized carbons (Fsp3) is 0.682. The summed E-state index contributed by atoms with van der Waals surface area (Å²) in [6.45, 7) is 7.40. The van der Waals surface area contributed by atoms with Crippen molar-refractivity contribution in [2.45, 2.75) is 57.0 Å². The van der Waals surface area contributed by atoms with E-state index in [1.54, 1.807) is 0 Å². The molecule has 2 aliphatic rings. The van der Waals surface area contributed by atoms with Gasteiger partial charge in [0.05, 0.1) is 13.2 Å². The number of nitrogens with one attached hydrogen (secondary N) is 2. The average molecular weight is 549 g/mol. The second-order valence-corrected chi connectivity index (χ2v) is 9.94. The van der Waals surface area contributed by atoms with Crippen LogP contribution >= 0.6 is 24.0 Å². The third kappa shape index (κ3) is 8.09. The lowest BCUT2D eigenvalue weighted by molar-refractivity contribution is 0.0342. The molecule has 1 saturated heterocycles. The maximum absolute atomic E-state index is 12.2. The normalized spacial score (nSPS) is 24.0. The summed E-state index contributed by atoms with van der Waals surface area (Å²) in [6.07, 6.45) is 4.30. The number of aliphatic imine (C=N–C) groups is 1. The lowest BCUT2D eigenvalue weighted by Gasteiger charge is -2.30. The lowest BCUT2D eigenvalue weighted by Crippen LogP contribution is -2.46. The molecule has 2 fully saturated rings. The van der Waals surface area contributed by atoms with E-state index in [-0.39, 0.29) is 24.0 Å². The molecule has 170 valence electrons. The lowest BCUT2D eigenvalue weighted by atomic mass is 9.95. The van der Waals surface area contributed by atoms with Gasteiger partial charge in [-0.1, -0.05) is 37.6 Å². The molecule has 1 saturated carbocycles. The Hall–Kier alpha value is -0.710. The molecule has 1 aromatic rings. The quantitative estimate of drug-likeness (QED) is 0.312. The summed E-state index contributed by atoms with van der Waals surface area (Å²) >= 11 is 0. The van der Waals surface area contributed by atoms with E-state index in [1.807, 2.05) is 14.0 Å². The number of morpholine rings is 1. The number of benzene rings is 1. The number of ether oxygens (including phenoxy) is 1. The summed E-state index contributed by atoms with van der Waals surface area (Å²) in [5.41, 5.74) is 2.60. The highest BCUT2D eigenvalue weighted by Crippen LogP contribution is 2.23. The van der Waals surface area contributed by atoms with Gasteiger partial charge in [-0.25, -0.2) is 0 Å². The summed E-state index contributed by atoms with van der Waals surface area (Å²) < 4.78 is 17.6. The standard InChI is InChI=1S/C22H36N4O2S.HI/c1-3-29(27)21-9-5-8-20(15-21)25-22(23-2)24-16-18-6-4-7-19(14-18)17-26-10-12-28-13-11-26;/h4,6-7,14,20-21H,3,5,8-13,15-17H2,1-2H3,(H2,23,24,25);1H. The van der Waals surface area contributed by atoms with Crippen molar-refractivity contribution < 1.29 is 8.95 Å². The first-order chi connectivity index (χ1) is 14.2. The fourth-order valence-corrected chi connectivity index (χ4v) is 5.53. The van der Waals surface area contributed by atoms with Crippen LogP contribution in [-0.4, -0.2) is 65.5 Å². The van der Waals surface area contributed by atoms with Crippen LogP contribution in [0.4, 0.5) is 0 Å². The smallest absolute Gasteiger partial charge is 0.191 e. The van der Waals surface area contributed by atoms with Gasteiger partial charge in [-0.3, -0.25) is 14.1 Å². The number of halogens is 1. The molecule has 1 heterocycles. The van der Waals surface area contributed by atoms with Gasteiger partial charge in [-0.15, -0.1) is 24.0 Å². The molecule has 1 aliphatic heterocycles. The minimum atomic E-state index is -0.703. The molecular weight excluding hydrogens is 511 g/mol.